The lowest BCUT2D eigenvalue weighted by molar-refractivity contribution is -0.133. The van der Waals surface area contributed by atoms with Crippen LogP contribution in [-0.4, -0.2) is 35.5 Å². The number of carbonyl (C=O) groups excluding carboxylic acids is 2. The Kier molecular flexibility index (Phi) is 4.88. The Bertz CT molecular complexity index is 397. The van der Waals surface area contributed by atoms with Gasteiger partial charge in [-0.2, -0.15) is 0 Å². The molecule has 0 radical (unpaired) electrons. The summed E-state index contributed by atoms with van der Waals surface area (Å²) in [6, 6.07) is 0.309. The van der Waals surface area contributed by atoms with Gasteiger partial charge in [-0.3, -0.25) is 9.59 Å². The summed E-state index contributed by atoms with van der Waals surface area (Å²) in [5.41, 5.74) is 0.167. The third-order valence-electron chi connectivity index (χ3n) is 2.80. The van der Waals surface area contributed by atoms with Gasteiger partial charge in [-0.25, -0.2) is 4.79 Å². The van der Waals surface area contributed by atoms with Crippen LogP contribution in [0.5, 0.6) is 0 Å². The summed E-state index contributed by atoms with van der Waals surface area (Å²) >= 11 is 0. The molecule has 100 valence electrons. The molecule has 0 unspecified atom stereocenters. The van der Waals surface area contributed by atoms with E-state index in [2.05, 4.69) is 10.6 Å². The van der Waals surface area contributed by atoms with Crippen molar-refractivity contribution < 1.29 is 19.5 Å². The summed E-state index contributed by atoms with van der Waals surface area (Å²) in [6.07, 6.45) is 2.26. The monoisotopic (exact) mass is 254 g/mol. The maximum Gasteiger partial charge on any atom is 0.331 e. The molecule has 6 nitrogen and oxygen atoms in total. The van der Waals surface area contributed by atoms with Crippen molar-refractivity contribution in [2.75, 3.05) is 6.54 Å². The molecule has 0 bridgehead atoms. The number of hydrogen-bond donors (Lipinski definition) is 3. The van der Waals surface area contributed by atoms with Crippen LogP contribution in [-0.2, 0) is 14.4 Å². The molecule has 1 aliphatic rings. The van der Waals surface area contributed by atoms with Gasteiger partial charge in [0, 0.05) is 30.2 Å². The summed E-state index contributed by atoms with van der Waals surface area (Å²) in [7, 11) is 0. The molecule has 1 aliphatic carbocycles. The smallest absolute Gasteiger partial charge is 0.331 e. The first-order valence-electron chi connectivity index (χ1n) is 5.90. The molecule has 0 aromatic rings. The van der Waals surface area contributed by atoms with Crippen LogP contribution in [0.1, 0.15) is 33.1 Å². The number of carboxylic acids is 1. The van der Waals surface area contributed by atoms with Gasteiger partial charge < -0.3 is 15.7 Å². The van der Waals surface area contributed by atoms with Crippen LogP contribution in [0.4, 0.5) is 0 Å². The Labute approximate surface area is 105 Å². The Balaban J connectivity index is 2.29. The zero-order chi connectivity index (χ0) is 13.7. The van der Waals surface area contributed by atoms with Crippen molar-refractivity contribution in [2.45, 2.75) is 39.2 Å². The topological polar surface area (TPSA) is 95.5 Å². The van der Waals surface area contributed by atoms with Crippen molar-refractivity contribution in [3.63, 3.8) is 0 Å². The largest absolute Gasteiger partial charge is 0.478 e. The highest BCUT2D eigenvalue weighted by Crippen LogP contribution is 2.18. The van der Waals surface area contributed by atoms with Crippen LogP contribution >= 0.6 is 0 Å². The molecule has 0 atom stereocenters. The number of carbonyl (C=O) groups is 3. The lowest BCUT2D eigenvalue weighted by atomic mass is 10.1. The van der Waals surface area contributed by atoms with E-state index < -0.39 is 11.9 Å². The molecule has 0 spiro atoms. The second kappa shape index (κ2) is 6.18. The predicted molar refractivity (Wildman–Crippen MR) is 64.8 cm³/mol. The first-order chi connectivity index (χ1) is 8.41. The quantitative estimate of drug-likeness (QED) is 0.590. The van der Waals surface area contributed by atoms with E-state index >= 15 is 0 Å². The molecule has 6 heteroatoms. The minimum atomic E-state index is -1.12. The maximum absolute atomic E-state index is 11.5. The molecule has 0 aromatic heterocycles. The van der Waals surface area contributed by atoms with Gasteiger partial charge in [-0.05, 0) is 26.7 Å². The number of rotatable bonds is 6. The normalized spacial score (nSPS) is 15.7. The van der Waals surface area contributed by atoms with Crippen molar-refractivity contribution in [1.29, 1.82) is 0 Å². The zero-order valence-corrected chi connectivity index (χ0v) is 10.6. The number of nitrogens with one attached hydrogen (secondary N) is 2. The van der Waals surface area contributed by atoms with Gasteiger partial charge in [0.15, 0.2) is 0 Å². The van der Waals surface area contributed by atoms with E-state index in [0.29, 0.717) is 6.04 Å². The third-order valence-corrected chi connectivity index (χ3v) is 2.80. The van der Waals surface area contributed by atoms with E-state index in [0.717, 1.165) is 12.8 Å². The molecule has 1 rings (SSSR count). The molecule has 3 N–H and O–H groups in total. The van der Waals surface area contributed by atoms with Gasteiger partial charge >= 0.3 is 5.97 Å². The fraction of sp³-hybridized carbons (Fsp3) is 0.583. The summed E-state index contributed by atoms with van der Waals surface area (Å²) in [4.78, 5) is 33.5. The van der Waals surface area contributed by atoms with Gasteiger partial charge in [-0.15, -0.1) is 0 Å². The van der Waals surface area contributed by atoms with Gasteiger partial charge in [0.2, 0.25) is 11.8 Å². The number of hydrogen-bond acceptors (Lipinski definition) is 3. The first-order valence-corrected chi connectivity index (χ1v) is 5.90. The molecule has 0 aliphatic heterocycles. The molecule has 0 aromatic carbocycles. The van der Waals surface area contributed by atoms with Crippen molar-refractivity contribution in [1.82, 2.24) is 10.6 Å². The maximum atomic E-state index is 11.5. The van der Waals surface area contributed by atoms with E-state index in [1.54, 1.807) is 0 Å². The Morgan fingerprint density at radius 3 is 2.28 bits per heavy atom. The van der Waals surface area contributed by atoms with E-state index in [-0.39, 0.29) is 30.0 Å². The number of aliphatic carboxylic acids is 1. The highest BCUT2D eigenvalue weighted by atomic mass is 16.4. The van der Waals surface area contributed by atoms with Gasteiger partial charge in [0.1, 0.15) is 0 Å². The second-order valence-electron chi connectivity index (χ2n) is 4.40. The van der Waals surface area contributed by atoms with E-state index in [9.17, 15) is 14.4 Å². The number of carboxylic acid groups (broad SMARTS) is 1. The van der Waals surface area contributed by atoms with Crippen molar-refractivity contribution in [3.05, 3.63) is 11.1 Å². The fourth-order valence-electron chi connectivity index (χ4n) is 1.28. The highest BCUT2D eigenvalue weighted by Gasteiger charge is 2.22. The van der Waals surface area contributed by atoms with E-state index in [1.165, 1.54) is 13.8 Å². The molecule has 1 fully saturated rings. The van der Waals surface area contributed by atoms with Crippen LogP contribution in [0.25, 0.3) is 0 Å². The van der Waals surface area contributed by atoms with Crippen LogP contribution in [0.3, 0.4) is 0 Å². The summed E-state index contributed by atoms with van der Waals surface area (Å²) < 4.78 is 0. The third kappa shape index (κ3) is 4.57. The van der Waals surface area contributed by atoms with Crippen molar-refractivity contribution in [2.24, 2.45) is 0 Å². The van der Waals surface area contributed by atoms with Crippen molar-refractivity contribution in [3.8, 4) is 0 Å². The first kappa shape index (κ1) is 14.2. The molecule has 0 saturated heterocycles. The molecule has 18 heavy (non-hydrogen) atoms. The van der Waals surface area contributed by atoms with E-state index in [4.69, 9.17) is 5.11 Å². The minimum Gasteiger partial charge on any atom is -0.478 e. The minimum absolute atomic E-state index is 0.00920. The van der Waals surface area contributed by atoms with Gasteiger partial charge in [-0.1, -0.05) is 0 Å². The molecule has 2 amide bonds. The van der Waals surface area contributed by atoms with Gasteiger partial charge in [0.05, 0.1) is 0 Å². The summed E-state index contributed by atoms with van der Waals surface area (Å²) in [5, 5.41) is 14.0. The predicted octanol–water partition coefficient (Wildman–Crippen LogP) is 0.192. The van der Waals surface area contributed by atoms with Gasteiger partial charge in [0.25, 0.3) is 0 Å². The molecule has 0 heterocycles. The average molecular weight is 254 g/mol. The SMILES string of the molecule is CC(C(=O)O)=C(C)C(=O)NCCC(=O)NC1CC1. The highest BCUT2D eigenvalue weighted by molar-refractivity contribution is 6.01. The summed E-state index contributed by atoms with van der Waals surface area (Å²) in [5.74, 6) is -1.65. The second-order valence-corrected chi connectivity index (χ2v) is 4.40. The van der Waals surface area contributed by atoms with Crippen LogP contribution in [0, 0.1) is 0 Å². The Morgan fingerprint density at radius 2 is 1.78 bits per heavy atom. The summed E-state index contributed by atoms with van der Waals surface area (Å²) in [6.45, 7) is 3.03. The van der Waals surface area contributed by atoms with E-state index in [1.807, 2.05) is 0 Å². The molecular formula is C12H18N2O4. The average Bonchev–Trinajstić information content (AvgIpc) is 3.10. The molecular weight excluding hydrogens is 236 g/mol. The lowest BCUT2D eigenvalue weighted by Crippen LogP contribution is -2.32. The standard InChI is InChI=1S/C12H18N2O4/c1-7(8(2)12(17)18)11(16)13-6-5-10(15)14-9-3-4-9/h9H,3-6H2,1-2H3,(H,13,16)(H,14,15)(H,17,18). The Morgan fingerprint density at radius 1 is 1.17 bits per heavy atom. The van der Waals surface area contributed by atoms with Crippen LogP contribution in [0.2, 0.25) is 0 Å². The zero-order valence-electron chi connectivity index (χ0n) is 10.6. The molecule has 1 saturated carbocycles. The Hall–Kier alpha value is -1.85. The lowest BCUT2D eigenvalue weighted by Gasteiger charge is -2.07. The van der Waals surface area contributed by atoms with Crippen molar-refractivity contribution >= 4 is 17.8 Å². The number of amides is 2. The fourth-order valence-corrected chi connectivity index (χ4v) is 1.28. The van der Waals surface area contributed by atoms with Crippen LogP contribution in [0.15, 0.2) is 11.1 Å². The van der Waals surface area contributed by atoms with Crippen LogP contribution < -0.4 is 10.6 Å².